The Hall–Kier alpha value is -3.09. The average molecular weight is 429 g/mol. The molecule has 1 aromatic carbocycles. The number of carbonyl (C=O) groups is 3. The van der Waals surface area contributed by atoms with E-state index >= 15 is 0 Å². The van der Waals surface area contributed by atoms with Crippen LogP contribution in [-0.2, 0) is 11.3 Å². The van der Waals surface area contributed by atoms with Crippen LogP contribution in [0.25, 0.3) is 0 Å². The van der Waals surface area contributed by atoms with Crippen LogP contribution in [0.3, 0.4) is 0 Å². The fourth-order valence-corrected chi connectivity index (χ4v) is 4.09. The molecule has 0 bridgehead atoms. The van der Waals surface area contributed by atoms with Gasteiger partial charge in [0.1, 0.15) is 11.4 Å². The van der Waals surface area contributed by atoms with E-state index < -0.39 is 12.0 Å². The molecule has 2 aromatic rings. The first-order valence-electron chi connectivity index (χ1n) is 10.4. The summed E-state index contributed by atoms with van der Waals surface area (Å²) in [5.74, 6) is -0.275. The number of ether oxygens (including phenoxy) is 2. The fourth-order valence-electron chi connectivity index (χ4n) is 4.09. The third-order valence-electron chi connectivity index (χ3n) is 5.63. The van der Waals surface area contributed by atoms with E-state index in [9.17, 15) is 14.4 Å². The van der Waals surface area contributed by atoms with Crippen molar-refractivity contribution < 1.29 is 23.9 Å². The highest BCUT2D eigenvalue weighted by Gasteiger charge is 2.34. The molecule has 2 rings (SSSR count). The Kier molecular flexibility index (Phi) is 7.65. The minimum absolute atomic E-state index is 0.206. The third kappa shape index (κ3) is 4.50. The molecule has 1 heterocycles. The molecule has 0 radical (unpaired) electrons. The predicted octanol–water partition coefficient (Wildman–Crippen LogP) is 4.04. The monoisotopic (exact) mass is 428 g/mol. The number of amides is 1. The summed E-state index contributed by atoms with van der Waals surface area (Å²) in [6, 6.07) is 5.89. The number of carbonyl (C=O) groups excluding carboxylic acids is 3. The van der Waals surface area contributed by atoms with Crippen LogP contribution >= 0.6 is 0 Å². The quantitative estimate of drug-likeness (QED) is 0.468. The molecule has 0 fully saturated rings. The number of esters is 1. The number of rotatable bonds is 8. The van der Waals surface area contributed by atoms with Gasteiger partial charge >= 0.3 is 5.97 Å². The molecule has 0 saturated heterocycles. The van der Waals surface area contributed by atoms with Gasteiger partial charge in [0.15, 0.2) is 5.78 Å². The van der Waals surface area contributed by atoms with E-state index in [2.05, 4.69) is 0 Å². The van der Waals surface area contributed by atoms with Crippen LogP contribution in [0, 0.1) is 13.8 Å². The first-order valence-corrected chi connectivity index (χ1v) is 10.4. The number of hydrogen-bond donors (Lipinski definition) is 0. The van der Waals surface area contributed by atoms with Crippen LogP contribution in [0.15, 0.2) is 24.3 Å². The highest BCUT2D eigenvalue weighted by Crippen LogP contribution is 2.27. The van der Waals surface area contributed by atoms with Crippen LogP contribution in [-0.4, -0.2) is 53.4 Å². The van der Waals surface area contributed by atoms with Crippen LogP contribution < -0.4 is 4.74 Å². The number of hydrogen-bond acceptors (Lipinski definition) is 5. The molecule has 0 aliphatic carbocycles. The number of aromatic nitrogens is 1. The summed E-state index contributed by atoms with van der Waals surface area (Å²) < 4.78 is 11.9. The van der Waals surface area contributed by atoms with E-state index in [0.717, 1.165) is 0 Å². The molecule has 0 aliphatic heterocycles. The molecular formula is C24H32N2O5. The minimum atomic E-state index is -0.717. The summed E-state index contributed by atoms with van der Waals surface area (Å²) in [7, 11) is 2.88. The maximum absolute atomic E-state index is 13.6. The lowest BCUT2D eigenvalue weighted by atomic mass is 9.98. The van der Waals surface area contributed by atoms with Gasteiger partial charge in [-0.1, -0.05) is 0 Å². The summed E-state index contributed by atoms with van der Waals surface area (Å²) in [6.45, 7) is 11.5. The van der Waals surface area contributed by atoms with Crippen molar-refractivity contribution in [1.82, 2.24) is 9.47 Å². The second-order valence-electron chi connectivity index (χ2n) is 7.74. The topological polar surface area (TPSA) is 77.8 Å². The maximum Gasteiger partial charge on any atom is 0.354 e. The molecule has 7 heteroatoms. The second-order valence-corrected chi connectivity index (χ2v) is 7.74. The minimum Gasteiger partial charge on any atom is -0.497 e. The zero-order valence-corrected chi connectivity index (χ0v) is 19.6. The summed E-state index contributed by atoms with van der Waals surface area (Å²) in [4.78, 5) is 40.8. The molecule has 0 N–H and O–H groups in total. The van der Waals surface area contributed by atoms with Crippen molar-refractivity contribution in [1.29, 1.82) is 0 Å². The van der Waals surface area contributed by atoms with E-state index in [1.54, 1.807) is 54.7 Å². The van der Waals surface area contributed by atoms with E-state index in [0.29, 0.717) is 40.4 Å². The third-order valence-corrected chi connectivity index (χ3v) is 5.63. The van der Waals surface area contributed by atoms with Crippen molar-refractivity contribution in [3.8, 4) is 5.75 Å². The molecule has 0 aliphatic rings. The van der Waals surface area contributed by atoms with Gasteiger partial charge in [0.05, 0.1) is 20.3 Å². The number of ketones is 1. The molecule has 7 nitrogen and oxygen atoms in total. The van der Waals surface area contributed by atoms with E-state index in [4.69, 9.17) is 9.47 Å². The molecule has 0 unspecified atom stereocenters. The predicted molar refractivity (Wildman–Crippen MR) is 119 cm³/mol. The lowest BCUT2D eigenvalue weighted by molar-refractivity contribution is 0.0565. The second kappa shape index (κ2) is 9.81. The smallest absolute Gasteiger partial charge is 0.354 e. The Balaban J connectivity index is 2.48. The lowest BCUT2D eigenvalue weighted by Gasteiger charge is -2.32. The van der Waals surface area contributed by atoms with Crippen LogP contribution in [0.4, 0.5) is 0 Å². The maximum atomic E-state index is 13.6. The van der Waals surface area contributed by atoms with Crippen molar-refractivity contribution in [2.75, 3.05) is 14.2 Å². The van der Waals surface area contributed by atoms with Gasteiger partial charge in [0, 0.05) is 29.4 Å². The molecule has 0 spiro atoms. The zero-order valence-electron chi connectivity index (χ0n) is 19.6. The zero-order chi connectivity index (χ0) is 23.5. The molecular weight excluding hydrogens is 396 g/mol. The Morgan fingerprint density at radius 3 is 2.06 bits per heavy atom. The van der Waals surface area contributed by atoms with Crippen molar-refractivity contribution in [2.45, 2.75) is 60.2 Å². The number of Topliss-reactive ketones (excluding diaryl/α,β-unsaturated/α-hetero) is 1. The number of nitrogens with zero attached hydrogens (tertiary/aromatic N) is 2. The SMILES string of the molecule is CCn1c(C)c(C(=O)[C@@H](C)N(C(=O)c2ccc(OC)cc2)C(C)C)c(C)c1C(=O)OC. The van der Waals surface area contributed by atoms with Gasteiger partial charge in [-0.3, -0.25) is 9.59 Å². The van der Waals surface area contributed by atoms with Crippen molar-refractivity contribution in [2.24, 2.45) is 0 Å². The summed E-state index contributed by atoms with van der Waals surface area (Å²) in [5, 5.41) is 0. The Bertz CT molecular complexity index is 973. The van der Waals surface area contributed by atoms with Gasteiger partial charge in [0.25, 0.3) is 5.91 Å². The number of benzene rings is 1. The fraction of sp³-hybridized carbons (Fsp3) is 0.458. The van der Waals surface area contributed by atoms with Gasteiger partial charge in [-0.05, 0) is 71.4 Å². The molecule has 31 heavy (non-hydrogen) atoms. The number of methoxy groups -OCH3 is 2. The Morgan fingerprint density at radius 1 is 1.03 bits per heavy atom. The van der Waals surface area contributed by atoms with Gasteiger partial charge in [-0.15, -0.1) is 0 Å². The Labute approximate surface area is 183 Å². The normalized spacial score (nSPS) is 11.9. The van der Waals surface area contributed by atoms with Gasteiger partial charge in [-0.25, -0.2) is 4.79 Å². The highest BCUT2D eigenvalue weighted by molar-refractivity contribution is 6.07. The van der Waals surface area contributed by atoms with E-state index in [1.165, 1.54) is 7.11 Å². The first kappa shape index (κ1) is 24.2. The average Bonchev–Trinajstić information content (AvgIpc) is 3.01. The van der Waals surface area contributed by atoms with E-state index in [-0.39, 0.29) is 17.7 Å². The molecule has 1 amide bonds. The van der Waals surface area contributed by atoms with E-state index in [1.807, 2.05) is 27.7 Å². The van der Waals surface area contributed by atoms with Gasteiger partial charge in [-0.2, -0.15) is 0 Å². The lowest BCUT2D eigenvalue weighted by Crippen LogP contribution is -2.47. The van der Waals surface area contributed by atoms with Crippen molar-refractivity contribution in [3.05, 3.63) is 52.3 Å². The summed E-state index contributed by atoms with van der Waals surface area (Å²) >= 11 is 0. The van der Waals surface area contributed by atoms with Crippen LogP contribution in [0.2, 0.25) is 0 Å². The summed E-state index contributed by atoms with van der Waals surface area (Å²) in [5.41, 5.74) is 2.57. The molecule has 0 saturated carbocycles. The largest absolute Gasteiger partial charge is 0.497 e. The van der Waals surface area contributed by atoms with Crippen molar-refractivity contribution in [3.63, 3.8) is 0 Å². The van der Waals surface area contributed by atoms with Crippen molar-refractivity contribution >= 4 is 17.7 Å². The highest BCUT2D eigenvalue weighted by atomic mass is 16.5. The molecule has 1 atom stereocenters. The van der Waals surface area contributed by atoms with Gasteiger partial charge < -0.3 is 18.9 Å². The first-order chi connectivity index (χ1) is 14.6. The summed E-state index contributed by atoms with van der Waals surface area (Å²) in [6.07, 6.45) is 0. The Morgan fingerprint density at radius 2 is 1.61 bits per heavy atom. The molecule has 1 aromatic heterocycles. The van der Waals surface area contributed by atoms with Crippen LogP contribution in [0.5, 0.6) is 5.75 Å². The van der Waals surface area contributed by atoms with Gasteiger partial charge in [0.2, 0.25) is 0 Å². The standard InChI is InChI=1S/C24H32N2O5/c1-9-25-16(5)20(15(4)21(25)24(29)31-8)22(27)17(6)26(14(2)3)23(28)18-10-12-19(30-7)13-11-18/h10-14,17H,9H2,1-8H3/t17-/m1/s1. The molecule has 168 valence electrons. The van der Waals surface area contributed by atoms with Crippen LogP contribution in [0.1, 0.15) is 70.2 Å².